The van der Waals surface area contributed by atoms with Gasteiger partial charge < -0.3 is 10.1 Å². The van der Waals surface area contributed by atoms with Crippen LogP contribution in [-0.4, -0.2) is 24.8 Å². The highest BCUT2D eigenvalue weighted by Gasteiger charge is 2.28. The normalized spacial score (nSPS) is 21.8. The fourth-order valence-corrected chi connectivity index (χ4v) is 3.74. The minimum atomic E-state index is 0.0170. The second-order valence-corrected chi connectivity index (χ2v) is 8.70. The molecule has 0 aliphatic carbocycles. The number of hydrogen-bond donors (Lipinski definition) is 1. The Bertz CT molecular complexity index is 483. The molecule has 0 amide bonds. The van der Waals surface area contributed by atoms with Gasteiger partial charge >= 0.3 is 0 Å². The van der Waals surface area contributed by atoms with E-state index < -0.39 is 0 Å². The van der Waals surface area contributed by atoms with Gasteiger partial charge in [0.25, 0.3) is 0 Å². The van der Waals surface area contributed by atoms with Gasteiger partial charge in [0.05, 0.1) is 5.60 Å². The van der Waals surface area contributed by atoms with E-state index in [0.29, 0.717) is 12.0 Å². The van der Waals surface area contributed by atoms with Crippen molar-refractivity contribution in [3.63, 3.8) is 0 Å². The fraction of sp³-hybridized carbons (Fsp3) is 0.714. The van der Waals surface area contributed by atoms with Gasteiger partial charge in [-0.25, -0.2) is 0 Å². The molecule has 0 unspecified atom stereocenters. The maximum Gasteiger partial charge on any atom is 0.0641 e. The third kappa shape index (κ3) is 6.74. The number of nitrogens with one attached hydrogen (secondary N) is 1. The van der Waals surface area contributed by atoms with E-state index in [1.54, 1.807) is 0 Å². The predicted molar refractivity (Wildman–Crippen MR) is 104 cm³/mol. The van der Waals surface area contributed by atoms with Crippen LogP contribution < -0.4 is 5.32 Å². The molecular formula is C21H34ClNO. The molecule has 1 aliphatic heterocycles. The van der Waals surface area contributed by atoms with Crippen molar-refractivity contribution in [1.29, 1.82) is 0 Å². The lowest BCUT2D eigenvalue weighted by molar-refractivity contribution is -0.0628. The maximum atomic E-state index is 6.05. The van der Waals surface area contributed by atoms with Crippen LogP contribution >= 0.6 is 11.6 Å². The first kappa shape index (κ1) is 19.8. The minimum Gasteiger partial charge on any atom is -0.375 e. The van der Waals surface area contributed by atoms with E-state index in [4.69, 9.17) is 16.3 Å². The average Bonchev–Trinajstić information content (AvgIpc) is 2.50. The molecule has 1 aromatic rings. The summed E-state index contributed by atoms with van der Waals surface area (Å²) >= 11 is 6.05. The molecule has 2 atom stereocenters. The van der Waals surface area contributed by atoms with Crippen molar-refractivity contribution < 1.29 is 4.74 Å². The van der Waals surface area contributed by atoms with Crippen LogP contribution in [0.25, 0.3) is 0 Å². The van der Waals surface area contributed by atoms with E-state index in [1.165, 1.54) is 24.8 Å². The molecule has 1 fully saturated rings. The van der Waals surface area contributed by atoms with Crippen LogP contribution in [0, 0.1) is 5.92 Å². The summed E-state index contributed by atoms with van der Waals surface area (Å²) in [5.74, 6) is 1.37. The van der Waals surface area contributed by atoms with Gasteiger partial charge in [0.2, 0.25) is 0 Å². The van der Waals surface area contributed by atoms with E-state index in [0.717, 1.165) is 36.9 Å². The Morgan fingerprint density at radius 1 is 1.17 bits per heavy atom. The zero-order chi connectivity index (χ0) is 17.6. The molecule has 2 rings (SSSR count). The minimum absolute atomic E-state index is 0.0170. The molecule has 1 N–H and O–H groups in total. The average molecular weight is 352 g/mol. The summed E-state index contributed by atoms with van der Waals surface area (Å²) in [7, 11) is 0. The Balaban J connectivity index is 1.87. The number of hydrogen-bond acceptors (Lipinski definition) is 2. The van der Waals surface area contributed by atoms with Crippen LogP contribution in [-0.2, 0) is 4.74 Å². The molecule has 0 saturated carbocycles. The van der Waals surface area contributed by atoms with Gasteiger partial charge in [-0.3, -0.25) is 0 Å². The Morgan fingerprint density at radius 2 is 1.88 bits per heavy atom. The van der Waals surface area contributed by atoms with Crippen LogP contribution in [0.15, 0.2) is 24.3 Å². The molecule has 1 aromatic carbocycles. The van der Waals surface area contributed by atoms with Gasteiger partial charge in [0.15, 0.2) is 0 Å². The molecular weight excluding hydrogens is 318 g/mol. The predicted octanol–water partition coefficient (Wildman–Crippen LogP) is 5.80. The van der Waals surface area contributed by atoms with Crippen molar-refractivity contribution in [2.24, 2.45) is 5.92 Å². The van der Waals surface area contributed by atoms with E-state index in [2.05, 4.69) is 45.1 Å². The quantitative estimate of drug-likeness (QED) is 0.639. The van der Waals surface area contributed by atoms with Gasteiger partial charge in [-0.15, -0.1) is 0 Å². The summed E-state index contributed by atoms with van der Waals surface area (Å²) in [6, 6.07) is 9.03. The summed E-state index contributed by atoms with van der Waals surface area (Å²) in [5, 5.41) is 4.59. The SMILES string of the molecule is CC(C)CC[C@H](CCN[C@H]1CCOC(C)(C)C1)c1ccc(Cl)cc1. The van der Waals surface area contributed by atoms with Gasteiger partial charge in [0.1, 0.15) is 0 Å². The zero-order valence-electron chi connectivity index (χ0n) is 15.8. The lowest BCUT2D eigenvalue weighted by atomic mass is 9.88. The summed E-state index contributed by atoms with van der Waals surface area (Å²) in [5.41, 5.74) is 1.44. The standard InChI is InChI=1S/C21H34ClNO/c1-16(2)5-6-18(17-7-9-19(22)10-8-17)11-13-23-20-12-14-24-21(3,4)15-20/h7-10,16,18,20,23H,5-6,11-15H2,1-4H3/t18-,20+/m1/s1. The Kier molecular flexibility index (Phi) is 7.59. The number of benzene rings is 1. The van der Waals surface area contributed by atoms with Crippen LogP contribution in [0.2, 0.25) is 5.02 Å². The molecule has 1 aliphatic rings. The third-order valence-corrected chi connectivity index (χ3v) is 5.31. The van der Waals surface area contributed by atoms with Crippen molar-refractivity contribution in [2.75, 3.05) is 13.2 Å². The first-order valence-electron chi connectivity index (χ1n) is 9.48. The lowest BCUT2D eigenvalue weighted by Crippen LogP contribution is -2.44. The number of halogens is 1. The molecule has 0 radical (unpaired) electrons. The van der Waals surface area contributed by atoms with Crippen molar-refractivity contribution in [1.82, 2.24) is 5.32 Å². The fourth-order valence-electron chi connectivity index (χ4n) is 3.61. The highest BCUT2D eigenvalue weighted by atomic mass is 35.5. The third-order valence-electron chi connectivity index (χ3n) is 5.06. The summed E-state index contributed by atoms with van der Waals surface area (Å²) in [4.78, 5) is 0. The molecule has 3 heteroatoms. The first-order valence-corrected chi connectivity index (χ1v) is 9.86. The highest BCUT2D eigenvalue weighted by molar-refractivity contribution is 6.30. The van der Waals surface area contributed by atoms with E-state index in [1.807, 2.05) is 12.1 Å². The van der Waals surface area contributed by atoms with Crippen molar-refractivity contribution in [2.45, 2.75) is 77.4 Å². The van der Waals surface area contributed by atoms with E-state index >= 15 is 0 Å². The summed E-state index contributed by atoms with van der Waals surface area (Å²) in [6.45, 7) is 11.0. The van der Waals surface area contributed by atoms with Crippen LogP contribution in [0.5, 0.6) is 0 Å². The molecule has 1 heterocycles. The smallest absolute Gasteiger partial charge is 0.0641 e. The van der Waals surface area contributed by atoms with Gasteiger partial charge in [-0.2, -0.15) is 0 Å². The van der Waals surface area contributed by atoms with E-state index in [-0.39, 0.29) is 5.60 Å². The molecule has 0 bridgehead atoms. The molecule has 136 valence electrons. The topological polar surface area (TPSA) is 21.3 Å². The zero-order valence-corrected chi connectivity index (χ0v) is 16.5. The molecule has 2 nitrogen and oxygen atoms in total. The second-order valence-electron chi connectivity index (χ2n) is 8.26. The van der Waals surface area contributed by atoms with Crippen LogP contribution in [0.1, 0.15) is 71.3 Å². The Hall–Kier alpha value is -0.570. The second kappa shape index (κ2) is 9.22. The van der Waals surface area contributed by atoms with E-state index in [9.17, 15) is 0 Å². The number of ether oxygens (including phenoxy) is 1. The Labute approximate surface area is 153 Å². The van der Waals surface area contributed by atoms with Crippen LogP contribution in [0.3, 0.4) is 0 Å². The highest BCUT2D eigenvalue weighted by Crippen LogP contribution is 2.28. The Morgan fingerprint density at radius 3 is 2.50 bits per heavy atom. The van der Waals surface area contributed by atoms with Crippen molar-refractivity contribution >= 4 is 11.6 Å². The molecule has 0 aromatic heterocycles. The monoisotopic (exact) mass is 351 g/mol. The van der Waals surface area contributed by atoms with Gasteiger partial charge in [-0.1, -0.05) is 44.0 Å². The maximum absolute atomic E-state index is 6.05. The molecule has 1 saturated heterocycles. The molecule has 0 spiro atoms. The van der Waals surface area contributed by atoms with Gasteiger partial charge in [-0.05, 0) is 75.6 Å². The lowest BCUT2D eigenvalue weighted by Gasteiger charge is -2.36. The summed E-state index contributed by atoms with van der Waals surface area (Å²) < 4.78 is 5.82. The first-order chi connectivity index (χ1) is 11.4. The van der Waals surface area contributed by atoms with Crippen molar-refractivity contribution in [3.8, 4) is 0 Å². The van der Waals surface area contributed by atoms with Crippen LogP contribution in [0.4, 0.5) is 0 Å². The van der Waals surface area contributed by atoms with Gasteiger partial charge in [0, 0.05) is 17.7 Å². The van der Waals surface area contributed by atoms with Crippen molar-refractivity contribution in [3.05, 3.63) is 34.9 Å². The summed E-state index contributed by atoms with van der Waals surface area (Å²) in [6.07, 6.45) is 5.94. The number of rotatable bonds is 8. The largest absolute Gasteiger partial charge is 0.375 e. The molecule has 24 heavy (non-hydrogen) atoms.